The van der Waals surface area contributed by atoms with E-state index in [1.54, 1.807) is 0 Å². The Kier molecular flexibility index (Phi) is 4.57. The summed E-state index contributed by atoms with van der Waals surface area (Å²) in [7, 11) is 0. The van der Waals surface area contributed by atoms with E-state index < -0.39 is 0 Å². The molecule has 0 atom stereocenters. The van der Waals surface area contributed by atoms with Crippen LogP contribution in [0.15, 0.2) is 24.3 Å². The van der Waals surface area contributed by atoms with E-state index in [9.17, 15) is 0 Å². The molecule has 1 aliphatic carbocycles. The summed E-state index contributed by atoms with van der Waals surface area (Å²) in [5, 5.41) is 0. The Labute approximate surface area is 104 Å². The second-order valence-electron chi connectivity index (χ2n) is 5.21. The monoisotopic (exact) mass is 233 g/mol. The van der Waals surface area contributed by atoms with Gasteiger partial charge >= 0.3 is 0 Å². The van der Waals surface area contributed by atoms with E-state index in [2.05, 4.69) is 31.2 Å². The Bertz CT molecular complexity index is 325. The van der Waals surface area contributed by atoms with E-state index in [0.29, 0.717) is 12.6 Å². The summed E-state index contributed by atoms with van der Waals surface area (Å²) in [5.41, 5.74) is 8.00. The average Bonchev–Trinajstić information content (AvgIpc) is 2.39. The minimum absolute atomic E-state index is 0.473. The van der Waals surface area contributed by atoms with Crippen molar-refractivity contribution in [3.8, 4) is 0 Å². The highest BCUT2D eigenvalue weighted by Gasteiger charge is 2.18. The Hall–Kier alpha value is -0.860. The normalized spacial score (nSPS) is 24.8. The number of rotatable bonds is 4. The number of nitrogens with two attached hydrogens (primary N) is 1. The van der Waals surface area contributed by atoms with Gasteiger partial charge in [-0.2, -0.15) is 0 Å². The molecule has 1 fully saturated rings. The first-order chi connectivity index (χ1) is 8.28. The second-order valence-corrected chi connectivity index (χ2v) is 5.21. The topological polar surface area (TPSA) is 35.2 Å². The van der Waals surface area contributed by atoms with Gasteiger partial charge in [0.25, 0.3) is 0 Å². The van der Waals surface area contributed by atoms with Crippen LogP contribution in [0.1, 0.15) is 43.7 Å². The van der Waals surface area contributed by atoms with Crippen LogP contribution >= 0.6 is 0 Å². The Morgan fingerprint density at radius 3 is 2.24 bits per heavy atom. The quantitative estimate of drug-likeness (QED) is 0.866. The van der Waals surface area contributed by atoms with Gasteiger partial charge in [0.2, 0.25) is 0 Å². The summed E-state index contributed by atoms with van der Waals surface area (Å²) in [4.78, 5) is 0. The van der Waals surface area contributed by atoms with E-state index in [-0.39, 0.29) is 0 Å². The minimum atomic E-state index is 0.473. The predicted molar refractivity (Wildman–Crippen MR) is 70.5 cm³/mol. The first kappa shape index (κ1) is 12.6. The van der Waals surface area contributed by atoms with E-state index >= 15 is 0 Å². The fourth-order valence-electron chi connectivity index (χ4n) is 2.38. The number of hydrogen-bond acceptors (Lipinski definition) is 2. The maximum atomic E-state index is 5.96. The summed E-state index contributed by atoms with van der Waals surface area (Å²) in [6, 6.07) is 8.41. The summed E-state index contributed by atoms with van der Waals surface area (Å²) in [5.74, 6) is 0.888. The van der Waals surface area contributed by atoms with Gasteiger partial charge in [-0.25, -0.2) is 0 Å². The van der Waals surface area contributed by atoms with Gasteiger partial charge in [-0.1, -0.05) is 31.2 Å². The molecule has 0 saturated heterocycles. The van der Waals surface area contributed by atoms with Crippen molar-refractivity contribution in [3.05, 3.63) is 35.4 Å². The van der Waals surface area contributed by atoms with Crippen LogP contribution < -0.4 is 5.73 Å². The molecule has 0 spiro atoms. The Balaban J connectivity index is 1.77. The van der Waals surface area contributed by atoms with Crippen LogP contribution in [-0.4, -0.2) is 6.10 Å². The zero-order valence-corrected chi connectivity index (χ0v) is 10.7. The van der Waals surface area contributed by atoms with Gasteiger partial charge in [0.05, 0.1) is 12.7 Å². The molecule has 1 saturated carbocycles. The van der Waals surface area contributed by atoms with Crippen LogP contribution in [0.3, 0.4) is 0 Å². The van der Waals surface area contributed by atoms with Gasteiger partial charge in [0.15, 0.2) is 0 Å². The standard InChI is InChI=1S/C15H23NO/c1-12-2-8-15(9-3-12)17-11-14-6-4-13(10-16)5-7-14/h4-7,12,15H,2-3,8-11,16H2,1H3. The molecule has 1 aromatic rings. The molecule has 0 bridgehead atoms. The van der Waals surface area contributed by atoms with Crippen molar-refractivity contribution in [3.63, 3.8) is 0 Å². The molecule has 1 aromatic carbocycles. The summed E-state index contributed by atoms with van der Waals surface area (Å²) < 4.78 is 5.96. The molecule has 0 amide bonds. The third-order valence-corrected chi connectivity index (χ3v) is 3.71. The van der Waals surface area contributed by atoms with E-state index in [0.717, 1.165) is 12.5 Å². The van der Waals surface area contributed by atoms with Crippen molar-refractivity contribution in [2.75, 3.05) is 0 Å². The van der Waals surface area contributed by atoms with Crippen molar-refractivity contribution in [1.82, 2.24) is 0 Å². The van der Waals surface area contributed by atoms with Crippen LogP contribution in [0, 0.1) is 5.92 Å². The highest BCUT2D eigenvalue weighted by Crippen LogP contribution is 2.26. The average molecular weight is 233 g/mol. The number of ether oxygens (including phenoxy) is 1. The van der Waals surface area contributed by atoms with Gasteiger partial charge in [0, 0.05) is 6.54 Å². The summed E-state index contributed by atoms with van der Waals surface area (Å²) >= 11 is 0. The number of benzene rings is 1. The van der Waals surface area contributed by atoms with Crippen molar-refractivity contribution >= 4 is 0 Å². The molecule has 1 aliphatic rings. The van der Waals surface area contributed by atoms with Crippen molar-refractivity contribution < 1.29 is 4.74 Å². The van der Waals surface area contributed by atoms with E-state index in [4.69, 9.17) is 10.5 Å². The fourth-order valence-corrected chi connectivity index (χ4v) is 2.38. The molecule has 0 radical (unpaired) electrons. The predicted octanol–water partition coefficient (Wildman–Crippen LogP) is 3.24. The molecule has 94 valence electrons. The lowest BCUT2D eigenvalue weighted by Gasteiger charge is -2.26. The van der Waals surface area contributed by atoms with Gasteiger partial charge in [-0.15, -0.1) is 0 Å². The maximum Gasteiger partial charge on any atom is 0.0720 e. The lowest BCUT2D eigenvalue weighted by Crippen LogP contribution is -2.20. The van der Waals surface area contributed by atoms with E-state index in [1.807, 2.05) is 0 Å². The third-order valence-electron chi connectivity index (χ3n) is 3.71. The first-order valence-electron chi connectivity index (χ1n) is 6.67. The third kappa shape index (κ3) is 3.83. The molecular formula is C15H23NO. The van der Waals surface area contributed by atoms with Crippen LogP contribution in [0.5, 0.6) is 0 Å². The van der Waals surface area contributed by atoms with Crippen molar-refractivity contribution in [1.29, 1.82) is 0 Å². The van der Waals surface area contributed by atoms with Crippen LogP contribution in [0.2, 0.25) is 0 Å². The molecule has 2 heteroatoms. The van der Waals surface area contributed by atoms with Crippen LogP contribution in [0.25, 0.3) is 0 Å². The molecule has 0 heterocycles. The number of hydrogen-bond donors (Lipinski definition) is 1. The lowest BCUT2D eigenvalue weighted by molar-refractivity contribution is 0.00877. The van der Waals surface area contributed by atoms with Crippen LogP contribution in [-0.2, 0) is 17.9 Å². The molecule has 0 unspecified atom stereocenters. The second kappa shape index (κ2) is 6.18. The van der Waals surface area contributed by atoms with Crippen molar-refractivity contribution in [2.45, 2.75) is 51.9 Å². The smallest absolute Gasteiger partial charge is 0.0720 e. The maximum absolute atomic E-state index is 5.96. The van der Waals surface area contributed by atoms with Gasteiger partial charge < -0.3 is 10.5 Å². The molecular weight excluding hydrogens is 210 g/mol. The summed E-state index contributed by atoms with van der Waals surface area (Å²) in [6.07, 6.45) is 5.55. The largest absolute Gasteiger partial charge is 0.374 e. The highest BCUT2D eigenvalue weighted by atomic mass is 16.5. The first-order valence-corrected chi connectivity index (χ1v) is 6.67. The zero-order chi connectivity index (χ0) is 12.1. The van der Waals surface area contributed by atoms with Gasteiger partial charge in [-0.3, -0.25) is 0 Å². The molecule has 2 nitrogen and oxygen atoms in total. The molecule has 0 aromatic heterocycles. The molecule has 2 N–H and O–H groups in total. The van der Waals surface area contributed by atoms with Crippen molar-refractivity contribution in [2.24, 2.45) is 11.7 Å². The fraction of sp³-hybridized carbons (Fsp3) is 0.600. The lowest BCUT2D eigenvalue weighted by atomic mass is 9.89. The Morgan fingerprint density at radius 1 is 1.06 bits per heavy atom. The Morgan fingerprint density at radius 2 is 1.65 bits per heavy atom. The molecule has 0 aliphatic heterocycles. The summed E-state index contributed by atoms with van der Waals surface area (Å²) in [6.45, 7) is 3.69. The minimum Gasteiger partial charge on any atom is -0.374 e. The SMILES string of the molecule is CC1CCC(OCc2ccc(CN)cc2)CC1. The van der Waals surface area contributed by atoms with Crippen LogP contribution in [0.4, 0.5) is 0 Å². The highest BCUT2D eigenvalue weighted by molar-refractivity contribution is 5.21. The molecule has 2 rings (SSSR count). The van der Waals surface area contributed by atoms with Gasteiger partial charge in [-0.05, 0) is 42.7 Å². The molecule has 17 heavy (non-hydrogen) atoms. The zero-order valence-electron chi connectivity index (χ0n) is 10.7. The van der Waals surface area contributed by atoms with E-state index in [1.165, 1.54) is 36.8 Å². The van der Waals surface area contributed by atoms with Gasteiger partial charge in [0.1, 0.15) is 0 Å².